The molecule has 0 aromatic heterocycles. The van der Waals surface area contributed by atoms with E-state index < -0.39 is 0 Å². The molecule has 0 spiro atoms. The number of benzene rings is 1. The van der Waals surface area contributed by atoms with E-state index in [9.17, 15) is 0 Å². The molecule has 1 aromatic rings. The van der Waals surface area contributed by atoms with Crippen LogP contribution >= 0.6 is 0 Å². The van der Waals surface area contributed by atoms with Gasteiger partial charge in [0, 0.05) is 5.41 Å². The summed E-state index contributed by atoms with van der Waals surface area (Å²) in [6.45, 7) is 4.55. The highest BCUT2D eigenvalue weighted by Gasteiger charge is 2.34. The third-order valence-electron chi connectivity index (χ3n) is 3.59. The van der Waals surface area contributed by atoms with Gasteiger partial charge in [-0.05, 0) is 31.7 Å². The van der Waals surface area contributed by atoms with Crippen molar-refractivity contribution in [3.05, 3.63) is 47.5 Å². The minimum absolute atomic E-state index is 0.315. The van der Waals surface area contributed by atoms with Gasteiger partial charge in [-0.1, -0.05) is 48.9 Å². The molecule has 1 fully saturated rings. The summed E-state index contributed by atoms with van der Waals surface area (Å²) in [5, 5.41) is 0. The molecule has 1 aliphatic carbocycles. The van der Waals surface area contributed by atoms with Crippen LogP contribution in [0.4, 0.5) is 0 Å². The van der Waals surface area contributed by atoms with Crippen LogP contribution in [0.5, 0.6) is 0 Å². The van der Waals surface area contributed by atoms with Crippen molar-refractivity contribution < 1.29 is 0 Å². The van der Waals surface area contributed by atoms with Gasteiger partial charge >= 0.3 is 0 Å². The maximum atomic E-state index is 2.38. The van der Waals surface area contributed by atoms with Gasteiger partial charge in [0.2, 0.25) is 0 Å². The van der Waals surface area contributed by atoms with Crippen LogP contribution in [0.3, 0.4) is 0 Å². The fourth-order valence-corrected chi connectivity index (χ4v) is 2.67. The van der Waals surface area contributed by atoms with Crippen molar-refractivity contribution in [3.63, 3.8) is 0 Å². The summed E-state index contributed by atoms with van der Waals surface area (Å²) in [4.78, 5) is 0. The van der Waals surface area contributed by atoms with Crippen LogP contribution in [0.15, 0.2) is 42.0 Å². The lowest BCUT2D eigenvalue weighted by Crippen LogP contribution is -2.19. The zero-order chi connectivity index (χ0) is 10.0. The SMILES string of the molecule is C/C=C1\CCCC1(C)c1ccccc1. The minimum atomic E-state index is 0.315. The Kier molecular flexibility index (Phi) is 2.45. The van der Waals surface area contributed by atoms with Crippen molar-refractivity contribution in [2.45, 2.75) is 38.5 Å². The second-order valence-corrected chi connectivity index (χ2v) is 4.37. The van der Waals surface area contributed by atoms with Gasteiger partial charge in [0.1, 0.15) is 0 Å². The summed E-state index contributed by atoms with van der Waals surface area (Å²) < 4.78 is 0. The molecule has 0 heteroatoms. The quantitative estimate of drug-likeness (QED) is 0.580. The van der Waals surface area contributed by atoms with Gasteiger partial charge in [0.25, 0.3) is 0 Å². The average molecular weight is 186 g/mol. The Hall–Kier alpha value is -1.04. The normalized spacial score (nSPS) is 29.7. The fraction of sp³-hybridized carbons (Fsp3) is 0.429. The van der Waals surface area contributed by atoms with E-state index in [1.807, 2.05) is 0 Å². The molecule has 2 rings (SSSR count). The van der Waals surface area contributed by atoms with Gasteiger partial charge in [-0.2, -0.15) is 0 Å². The van der Waals surface area contributed by atoms with E-state index in [2.05, 4.69) is 50.3 Å². The Morgan fingerprint density at radius 1 is 1.21 bits per heavy atom. The summed E-state index contributed by atoms with van der Waals surface area (Å²) in [6.07, 6.45) is 6.23. The molecule has 1 atom stereocenters. The Balaban J connectivity index is 2.42. The standard InChI is InChI=1S/C14H18/c1-3-12-10-7-11-14(12,2)13-8-5-4-6-9-13/h3-6,8-9H,7,10-11H2,1-2H3/b12-3+. The van der Waals surface area contributed by atoms with E-state index in [1.165, 1.54) is 24.8 Å². The Morgan fingerprint density at radius 2 is 1.93 bits per heavy atom. The largest absolute Gasteiger partial charge is 0.0876 e. The number of hydrogen-bond acceptors (Lipinski definition) is 0. The molecule has 1 aromatic carbocycles. The van der Waals surface area contributed by atoms with E-state index in [1.54, 1.807) is 5.57 Å². The Morgan fingerprint density at radius 3 is 2.57 bits per heavy atom. The van der Waals surface area contributed by atoms with E-state index in [-0.39, 0.29) is 0 Å². The first-order valence-corrected chi connectivity index (χ1v) is 5.48. The van der Waals surface area contributed by atoms with E-state index in [0.717, 1.165) is 0 Å². The molecule has 1 aliphatic rings. The molecule has 0 aliphatic heterocycles. The molecule has 0 bridgehead atoms. The number of rotatable bonds is 1. The lowest BCUT2D eigenvalue weighted by molar-refractivity contribution is 0.572. The van der Waals surface area contributed by atoms with Crippen molar-refractivity contribution in [2.24, 2.45) is 0 Å². The lowest BCUT2D eigenvalue weighted by Gasteiger charge is -2.26. The zero-order valence-corrected chi connectivity index (χ0v) is 9.09. The minimum Gasteiger partial charge on any atom is -0.0876 e. The van der Waals surface area contributed by atoms with Gasteiger partial charge in [0.05, 0.1) is 0 Å². The third-order valence-corrected chi connectivity index (χ3v) is 3.59. The highest BCUT2D eigenvalue weighted by atomic mass is 14.4. The second-order valence-electron chi connectivity index (χ2n) is 4.37. The van der Waals surface area contributed by atoms with Gasteiger partial charge in [-0.15, -0.1) is 0 Å². The molecule has 0 heterocycles. The van der Waals surface area contributed by atoms with Gasteiger partial charge in [0.15, 0.2) is 0 Å². The number of hydrogen-bond donors (Lipinski definition) is 0. The average Bonchev–Trinajstić information content (AvgIpc) is 2.62. The van der Waals surface area contributed by atoms with E-state index in [0.29, 0.717) is 5.41 Å². The van der Waals surface area contributed by atoms with E-state index >= 15 is 0 Å². The maximum absolute atomic E-state index is 2.38. The molecule has 14 heavy (non-hydrogen) atoms. The van der Waals surface area contributed by atoms with Crippen molar-refractivity contribution in [3.8, 4) is 0 Å². The zero-order valence-electron chi connectivity index (χ0n) is 9.09. The summed E-state index contributed by atoms with van der Waals surface area (Å²) in [5.41, 5.74) is 3.41. The molecule has 74 valence electrons. The molecule has 0 nitrogen and oxygen atoms in total. The summed E-state index contributed by atoms with van der Waals surface area (Å²) in [6, 6.07) is 10.9. The van der Waals surface area contributed by atoms with Gasteiger partial charge in [-0.3, -0.25) is 0 Å². The van der Waals surface area contributed by atoms with Gasteiger partial charge in [-0.25, -0.2) is 0 Å². The lowest BCUT2D eigenvalue weighted by atomic mass is 9.78. The van der Waals surface area contributed by atoms with Crippen molar-refractivity contribution in [2.75, 3.05) is 0 Å². The molecular formula is C14H18. The van der Waals surface area contributed by atoms with Crippen LogP contribution in [0.2, 0.25) is 0 Å². The van der Waals surface area contributed by atoms with Crippen molar-refractivity contribution in [1.82, 2.24) is 0 Å². The topological polar surface area (TPSA) is 0 Å². The molecule has 1 saturated carbocycles. The highest BCUT2D eigenvalue weighted by Crippen LogP contribution is 2.44. The van der Waals surface area contributed by atoms with Crippen molar-refractivity contribution >= 4 is 0 Å². The predicted molar refractivity (Wildman–Crippen MR) is 61.4 cm³/mol. The van der Waals surface area contributed by atoms with Gasteiger partial charge < -0.3 is 0 Å². The van der Waals surface area contributed by atoms with E-state index in [4.69, 9.17) is 0 Å². The second kappa shape index (κ2) is 3.61. The van der Waals surface area contributed by atoms with Crippen LogP contribution in [-0.4, -0.2) is 0 Å². The maximum Gasteiger partial charge on any atom is 0.0133 e. The van der Waals surface area contributed by atoms with Crippen LogP contribution in [0.1, 0.15) is 38.7 Å². The monoisotopic (exact) mass is 186 g/mol. The third kappa shape index (κ3) is 1.39. The van der Waals surface area contributed by atoms with Crippen LogP contribution in [-0.2, 0) is 5.41 Å². The van der Waals surface area contributed by atoms with Crippen LogP contribution in [0.25, 0.3) is 0 Å². The molecular weight excluding hydrogens is 168 g/mol. The number of allylic oxidation sites excluding steroid dienone is 2. The molecule has 1 unspecified atom stereocenters. The smallest absolute Gasteiger partial charge is 0.0133 e. The van der Waals surface area contributed by atoms with Crippen LogP contribution in [0, 0.1) is 0 Å². The fourth-order valence-electron chi connectivity index (χ4n) is 2.67. The first kappa shape index (κ1) is 9.51. The Labute approximate surface area is 86.7 Å². The summed E-state index contributed by atoms with van der Waals surface area (Å²) >= 11 is 0. The predicted octanol–water partition coefficient (Wildman–Crippen LogP) is 4.07. The first-order chi connectivity index (χ1) is 6.77. The van der Waals surface area contributed by atoms with Crippen LogP contribution < -0.4 is 0 Å². The molecule has 0 saturated heterocycles. The molecule has 0 N–H and O–H groups in total. The highest BCUT2D eigenvalue weighted by molar-refractivity contribution is 5.37. The summed E-state index contributed by atoms with van der Waals surface area (Å²) in [7, 11) is 0. The molecule has 0 amide bonds. The Bertz CT molecular complexity index is 334. The van der Waals surface area contributed by atoms with Crippen molar-refractivity contribution in [1.29, 1.82) is 0 Å². The molecule has 0 radical (unpaired) electrons. The first-order valence-electron chi connectivity index (χ1n) is 5.48. The summed E-state index contributed by atoms with van der Waals surface area (Å²) in [5.74, 6) is 0.